The van der Waals surface area contributed by atoms with Crippen LogP contribution in [0.3, 0.4) is 0 Å². The van der Waals surface area contributed by atoms with E-state index in [1.54, 1.807) is 0 Å². The van der Waals surface area contributed by atoms with Crippen LogP contribution in [-0.4, -0.2) is 43.0 Å². The summed E-state index contributed by atoms with van der Waals surface area (Å²) in [5.74, 6) is 0.692. The number of anilines is 2. The molecule has 160 valence electrons. The van der Waals surface area contributed by atoms with Gasteiger partial charge in [-0.2, -0.15) is 0 Å². The van der Waals surface area contributed by atoms with Gasteiger partial charge in [0, 0.05) is 36.1 Å². The minimum atomic E-state index is -0.144. The van der Waals surface area contributed by atoms with Gasteiger partial charge in [0.05, 0.1) is 13.2 Å². The van der Waals surface area contributed by atoms with Gasteiger partial charge in [0.25, 0.3) is 5.91 Å². The number of piperidine rings is 1. The molecule has 1 aliphatic heterocycles. The molecule has 0 bridgehead atoms. The molecule has 1 fully saturated rings. The molecular formula is C24H31N3O3. The zero-order chi connectivity index (χ0) is 21.2. The number of nitrogens with zero attached hydrogens (tertiary/aromatic N) is 1. The van der Waals surface area contributed by atoms with Crippen LogP contribution in [0.4, 0.5) is 11.4 Å². The van der Waals surface area contributed by atoms with Crippen LogP contribution in [-0.2, 0) is 4.79 Å². The van der Waals surface area contributed by atoms with Gasteiger partial charge in [0.15, 0.2) is 0 Å². The van der Waals surface area contributed by atoms with Crippen LogP contribution >= 0.6 is 0 Å². The molecule has 6 heteroatoms. The van der Waals surface area contributed by atoms with Crippen molar-refractivity contribution in [3.8, 4) is 5.75 Å². The summed E-state index contributed by atoms with van der Waals surface area (Å²) in [5.41, 5.74) is 2.20. The van der Waals surface area contributed by atoms with Crippen molar-refractivity contribution in [1.82, 2.24) is 4.90 Å². The normalized spacial score (nSPS) is 13.6. The predicted octanol–water partition coefficient (Wildman–Crippen LogP) is 4.54. The Labute approximate surface area is 178 Å². The van der Waals surface area contributed by atoms with Crippen LogP contribution < -0.4 is 15.4 Å². The molecular weight excluding hydrogens is 378 g/mol. The van der Waals surface area contributed by atoms with Crippen molar-refractivity contribution in [1.29, 1.82) is 0 Å². The second-order valence-corrected chi connectivity index (χ2v) is 7.56. The first-order valence-electron chi connectivity index (χ1n) is 10.8. The Kier molecular flexibility index (Phi) is 8.12. The number of hydrogen-bond donors (Lipinski definition) is 2. The van der Waals surface area contributed by atoms with Gasteiger partial charge in [-0.05, 0) is 62.1 Å². The van der Waals surface area contributed by atoms with E-state index < -0.39 is 0 Å². The minimum absolute atomic E-state index is 0.0834. The summed E-state index contributed by atoms with van der Waals surface area (Å²) in [6.45, 7) is 4.60. The number of rotatable bonds is 9. The number of amides is 2. The lowest BCUT2D eigenvalue weighted by molar-refractivity contribution is -0.114. The lowest BCUT2D eigenvalue weighted by atomic mass is 10.1. The molecule has 0 aliphatic carbocycles. The highest BCUT2D eigenvalue weighted by molar-refractivity contribution is 5.95. The van der Waals surface area contributed by atoms with Gasteiger partial charge in [-0.25, -0.2) is 0 Å². The number of nitrogens with one attached hydrogen (secondary N) is 2. The Morgan fingerprint density at radius 1 is 1.00 bits per heavy atom. The van der Waals surface area contributed by atoms with E-state index in [1.807, 2.05) is 53.4 Å². The Morgan fingerprint density at radius 3 is 2.50 bits per heavy atom. The molecule has 2 amide bonds. The fourth-order valence-electron chi connectivity index (χ4n) is 3.40. The van der Waals surface area contributed by atoms with Crippen LogP contribution in [0.25, 0.3) is 0 Å². The summed E-state index contributed by atoms with van der Waals surface area (Å²) < 4.78 is 5.67. The van der Waals surface area contributed by atoms with Gasteiger partial charge >= 0.3 is 0 Å². The van der Waals surface area contributed by atoms with Crippen molar-refractivity contribution in [3.05, 3.63) is 54.1 Å². The van der Waals surface area contributed by atoms with Gasteiger partial charge in [0.2, 0.25) is 5.91 Å². The average Bonchev–Trinajstić information content (AvgIpc) is 2.79. The number of unbranched alkanes of at least 4 members (excludes halogenated alkanes) is 1. The molecule has 0 aromatic heterocycles. The number of likely N-dealkylation sites (tertiary alicyclic amines) is 1. The molecule has 0 atom stereocenters. The quantitative estimate of drug-likeness (QED) is 0.597. The maximum absolute atomic E-state index is 12.5. The molecule has 1 heterocycles. The lowest BCUT2D eigenvalue weighted by Gasteiger charge is -2.26. The van der Waals surface area contributed by atoms with E-state index in [-0.39, 0.29) is 18.4 Å². The monoisotopic (exact) mass is 409 g/mol. The van der Waals surface area contributed by atoms with E-state index in [0.717, 1.165) is 50.2 Å². The third-order valence-electron chi connectivity index (χ3n) is 5.11. The number of hydrogen-bond acceptors (Lipinski definition) is 4. The first-order chi connectivity index (χ1) is 14.7. The Balaban J connectivity index is 1.46. The van der Waals surface area contributed by atoms with Crippen molar-refractivity contribution >= 4 is 23.2 Å². The van der Waals surface area contributed by atoms with Gasteiger partial charge < -0.3 is 20.3 Å². The second kappa shape index (κ2) is 11.2. The number of ether oxygens (including phenoxy) is 1. The molecule has 2 aromatic carbocycles. The molecule has 1 saturated heterocycles. The van der Waals surface area contributed by atoms with Gasteiger partial charge in [-0.15, -0.1) is 0 Å². The largest absolute Gasteiger partial charge is 0.494 e. The third kappa shape index (κ3) is 6.51. The van der Waals surface area contributed by atoms with Crippen molar-refractivity contribution in [2.75, 3.05) is 36.9 Å². The number of benzene rings is 2. The fourth-order valence-corrected chi connectivity index (χ4v) is 3.40. The van der Waals surface area contributed by atoms with E-state index in [1.165, 1.54) is 6.42 Å². The summed E-state index contributed by atoms with van der Waals surface area (Å²) in [6.07, 6.45) is 5.44. The average molecular weight is 410 g/mol. The van der Waals surface area contributed by atoms with E-state index in [2.05, 4.69) is 17.6 Å². The number of carbonyl (C=O) groups is 2. The van der Waals surface area contributed by atoms with E-state index in [4.69, 9.17) is 4.74 Å². The highest BCUT2D eigenvalue weighted by atomic mass is 16.5. The lowest BCUT2D eigenvalue weighted by Crippen LogP contribution is -2.35. The van der Waals surface area contributed by atoms with Crippen LogP contribution in [0.15, 0.2) is 48.5 Å². The molecule has 2 aromatic rings. The minimum Gasteiger partial charge on any atom is -0.494 e. The standard InChI is InChI=1S/C24H31N3O3/c1-2-3-16-30-22-9-7-8-21(17-22)26-23(28)18-25-20-12-10-19(11-13-20)24(29)27-14-5-4-6-15-27/h7-13,17,25H,2-6,14-16,18H2,1H3,(H,26,28). The van der Waals surface area contributed by atoms with Crippen LogP contribution in [0.1, 0.15) is 49.4 Å². The maximum Gasteiger partial charge on any atom is 0.253 e. The van der Waals surface area contributed by atoms with Crippen molar-refractivity contribution in [2.24, 2.45) is 0 Å². The summed E-state index contributed by atoms with van der Waals surface area (Å²) in [6, 6.07) is 14.7. The van der Waals surface area contributed by atoms with Gasteiger partial charge in [-0.1, -0.05) is 19.4 Å². The highest BCUT2D eigenvalue weighted by Crippen LogP contribution is 2.18. The third-order valence-corrected chi connectivity index (χ3v) is 5.11. The van der Waals surface area contributed by atoms with Crippen molar-refractivity contribution in [3.63, 3.8) is 0 Å². The molecule has 0 saturated carbocycles. The van der Waals surface area contributed by atoms with E-state index >= 15 is 0 Å². The summed E-state index contributed by atoms with van der Waals surface area (Å²) in [4.78, 5) is 26.7. The summed E-state index contributed by atoms with van der Waals surface area (Å²) >= 11 is 0. The Morgan fingerprint density at radius 2 is 1.77 bits per heavy atom. The van der Waals surface area contributed by atoms with E-state index in [9.17, 15) is 9.59 Å². The first kappa shape index (κ1) is 21.7. The molecule has 30 heavy (non-hydrogen) atoms. The Hall–Kier alpha value is -3.02. The zero-order valence-corrected chi connectivity index (χ0v) is 17.7. The van der Waals surface area contributed by atoms with Crippen LogP contribution in [0.2, 0.25) is 0 Å². The van der Waals surface area contributed by atoms with Crippen LogP contribution in [0, 0.1) is 0 Å². The zero-order valence-electron chi connectivity index (χ0n) is 17.7. The molecule has 3 rings (SSSR count). The van der Waals surface area contributed by atoms with Crippen LogP contribution in [0.5, 0.6) is 5.75 Å². The summed E-state index contributed by atoms with van der Waals surface area (Å²) in [5, 5.41) is 5.97. The summed E-state index contributed by atoms with van der Waals surface area (Å²) in [7, 11) is 0. The van der Waals surface area contributed by atoms with Gasteiger partial charge in [-0.3, -0.25) is 9.59 Å². The number of carbonyl (C=O) groups excluding carboxylic acids is 2. The maximum atomic E-state index is 12.5. The molecule has 6 nitrogen and oxygen atoms in total. The molecule has 0 radical (unpaired) electrons. The SMILES string of the molecule is CCCCOc1cccc(NC(=O)CNc2ccc(C(=O)N3CCCCC3)cc2)c1. The van der Waals surface area contributed by atoms with Crippen molar-refractivity contribution < 1.29 is 14.3 Å². The highest BCUT2D eigenvalue weighted by Gasteiger charge is 2.17. The molecule has 2 N–H and O–H groups in total. The fraction of sp³-hybridized carbons (Fsp3) is 0.417. The van der Waals surface area contributed by atoms with Gasteiger partial charge in [0.1, 0.15) is 5.75 Å². The Bertz CT molecular complexity index is 830. The topological polar surface area (TPSA) is 70.7 Å². The first-order valence-corrected chi connectivity index (χ1v) is 10.8. The predicted molar refractivity (Wildman–Crippen MR) is 120 cm³/mol. The molecule has 0 spiro atoms. The molecule has 1 aliphatic rings. The second-order valence-electron chi connectivity index (χ2n) is 7.56. The molecule has 0 unspecified atom stereocenters. The van der Waals surface area contributed by atoms with E-state index in [0.29, 0.717) is 17.9 Å². The smallest absolute Gasteiger partial charge is 0.253 e. The van der Waals surface area contributed by atoms with Crippen molar-refractivity contribution in [2.45, 2.75) is 39.0 Å².